The highest BCUT2D eigenvalue weighted by Crippen LogP contribution is 2.34. The lowest BCUT2D eigenvalue weighted by Gasteiger charge is -2.24. The number of nitrogens with zero attached hydrogens (tertiary/aromatic N) is 1. The van der Waals surface area contributed by atoms with Crippen molar-refractivity contribution in [3.8, 4) is 11.1 Å². The van der Waals surface area contributed by atoms with E-state index in [1.54, 1.807) is 12.4 Å². The van der Waals surface area contributed by atoms with E-state index in [1.165, 1.54) is 0 Å². The van der Waals surface area contributed by atoms with Crippen molar-refractivity contribution in [1.29, 1.82) is 0 Å². The Hall–Kier alpha value is -2.24. The number of nitrogens with one attached hydrogen (secondary N) is 1. The summed E-state index contributed by atoms with van der Waals surface area (Å²) >= 11 is 0. The first-order valence-electron chi connectivity index (χ1n) is 7.72. The van der Waals surface area contributed by atoms with E-state index in [4.69, 9.17) is 4.74 Å². The fourth-order valence-electron chi connectivity index (χ4n) is 2.99. The van der Waals surface area contributed by atoms with Gasteiger partial charge in [-0.05, 0) is 35.2 Å². The Morgan fingerprint density at radius 2 is 2.30 bits per heavy atom. The van der Waals surface area contributed by atoms with Gasteiger partial charge in [-0.3, -0.25) is 4.98 Å². The number of aryl methyl sites for hydroxylation is 1. The van der Waals surface area contributed by atoms with E-state index in [-0.39, 0.29) is 0 Å². The lowest BCUT2D eigenvalue weighted by molar-refractivity contribution is -0.107. The molecule has 0 aliphatic carbocycles. The van der Waals surface area contributed by atoms with Crippen LogP contribution in [0.3, 0.4) is 0 Å². The summed E-state index contributed by atoms with van der Waals surface area (Å²) in [5, 5.41) is 13.2. The van der Waals surface area contributed by atoms with Crippen molar-refractivity contribution in [3.05, 3.63) is 47.3 Å². The molecule has 0 bridgehead atoms. The minimum absolute atomic E-state index is 0.307. The number of carbonyl (C=O) groups excluding carboxylic acids is 1. The SMILES string of the molecule is CNc1ccc(-c2cncc3c2COCC3O)cc1CCC=O. The second kappa shape index (κ2) is 6.89. The third-order valence-electron chi connectivity index (χ3n) is 4.19. The Morgan fingerprint density at radius 3 is 3.09 bits per heavy atom. The van der Waals surface area contributed by atoms with Crippen LogP contribution in [0, 0.1) is 0 Å². The van der Waals surface area contributed by atoms with Gasteiger partial charge in [-0.2, -0.15) is 0 Å². The lowest BCUT2D eigenvalue weighted by Crippen LogP contribution is -2.17. The molecule has 0 fully saturated rings. The van der Waals surface area contributed by atoms with Crippen molar-refractivity contribution in [3.63, 3.8) is 0 Å². The van der Waals surface area contributed by atoms with E-state index < -0.39 is 6.10 Å². The van der Waals surface area contributed by atoms with Crippen LogP contribution in [0.5, 0.6) is 0 Å². The summed E-state index contributed by atoms with van der Waals surface area (Å²) in [4.78, 5) is 15.0. The van der Waals surface area contributed by atoms with Crippen LogP contribution in [0.15, 0.2) is 30.6 Å². The number of ether oxygens (including phenoxy) is 1. The van der Waals surface area contributed by atoms with Gasteiger partial charge in [-0.1, -0.05) is 6.07 Å². The molecule has 1 aliphatic heterocycles. The molecule has 3 rings (SSSR count). The Kier molecular flexibility index (Phi) is 4.69. The molecular formula is C18H20N2O3. The normalized spacial score (nSPS) is 16.7. The number of hydrogen-bond donors (Lipinski definition) is 2. The number of carbonyl (C=O) groups is 1. The Balaban J connectivity index is 2.05. The number of aliphatic hydroxyl groups is 1. The molecule has 0 saturated heterocycles. The van der Waals surface area contributed by atoms with Gasteiger partial charge in [0.25, 0.3) is 0 Å². The molecule has 1 unspecified atom stereocenters. The predicted octanol–water partition coefficient (Wildman–Crippen LogP) is 2.49. The van der Waals surface area contributed by atoms with Crippen LogP contribution in [-0.2, 0) is 22.6 Å². The van der Waals surface area contributed by atoms with Crippen LogP contribution in [0.25, 0.3) is 11.1 Å². The number of rotatable bonds is 5. The highest BCUT2D eigenvalue weighted by Gasteiger charge is 2.22. The Labute approximate surface area is 135 Å². The zero-order valence-electron chi connectivity index (χ0n) is 13.1. The molecule has 1 atom stereocenters. The number of hydrogen-bond acceptors (Lipinski definition) is 5. The van der Waals surface area contributed by atoms with Gasteiger partial charge in [0.05, 0.1) is 13.2 Å². The standard InChI is InChI=1S/C18H20N2O3/c1-19-17-5-4-12(7-13(17)3-2-6-21)14-8-20-9-15-16(14)10-23-11-18(15)22/h4-9,18-19,22H,2-3,10-11H2,1H3. The summed E-state index contributed by atoms with van der Waals surface area (Å²) in [5.74, 6) is 0. The van der Waals surface area contributed by atoms with Gasteiger partial charge in [0, 0.05) is 42.7 Å². The van der Waals surface area contributed by atoms with E-state index in [0.717, 1.165) is 39.8 Å². The molecule has 0 radical (unpaired) electrons. The zero-order valence-corrected chi connectivity index (χ0v) is 13.1. The van der Waals surface area contributed by atoms with E-state index in [9.17, 15) is 9.90 Å². The summed E-state index contributed by atoms with van der Waals surface area (Å²) in [7, 11) is 1.87. The largest absolute Gasteiger partial charge is 0.388 e. The number of pyridine rings is 1. The number of aromatic nitrogens is 1. The topological polar surface area (TPSA) is 71.5 Å². The summed E-state index contributed by atoms with van der Waals surface area (Å²) in [6.07, 6.45) is 5.00. The maximum atomic E-state index is 10.7. The maximum absolute atomic E-state index is 10.7. The quantitative estimate of drug-likeness (QED) is 0.830. The van der Waals surface area contributed by atoms with Crippen LogP contribution in [0.2, 0.25) is 0 Å². The van der Waals surface area contributed by atoms with Crippen molar-refractivity contribution in [2.75, 3.05) is 19.0 Å². The molecule has 2 N–H and O–H groups in total. The summed E-state index contributed by atoms with van der Waals surface area (Å²) in [6.45, 7) is 0.781. The van der Waals surface area contributed by atoms with E-state index in [0.29, 0.717) is 26.1 Å². The molecule has 0 spiro atoms. The number of benzene rings is 1. The minimum Gasteiger partial charge on any atom is -0.388 e. The molecule has 1 aromatic heterocycles. The van der Waals surface area contributed by atoms with Crippen molar-refractivity contribution in [2.45, 2.75) is 25.6 Å². The predicted molar refractivity (Wildman–Crippen MR) is 88.2 cm³/mol. The van der Waals surface area contributed by atoms with Gasteiger partial charge >= 0.3 is 0 Å². The second-order valence-corrected chi connectivity index (χ2v) is 5.61. The summed E-state index contributed by atoms with van der Waals surface area (Å²) < 4.78 is 5.47. The number of fused-ring (bicyclic) bond motifs is 1. The second-order valence-electron chi connectivity index (χ2n) is 5.61. The molecule has 1 aromatic carbocycles. The van der Waals surface area contributed by atoms with Gasteiger partial charge in [0.1, 0.15) is 12.4 Å². The third-order valence-corrected chi connectivity index (χ3v) is 4.19. The monoisotopic (exact) mass is 312 g/mol. The molecule has 2 heterocycles. The van der Waals surface area contributed by atoms with Crippen LogP contribution in [0.1, 0.15) is 29.2 Å². The number of aliphatic hydroxyl groups excluding tert-OH is 1. The molecule has 2 aromatic rings. The minimum atomic E-state index is -0.627. The molecule has 120 valence electrons. The molecular weight excluding hydrogens is 292 g/mol. The number of anilines is 1. The highest BCUT2D eigenvalue weighted by atomic mass is 16.5. The molecule has 1 aliphatic rings. The average molecular weight is 312 g/mol. The Bertz CT molecular complexity index is 715. The first-order valence-corrected chi connectivity index (χ1v) is 7.72. The van der Waals surface area contributed by atoms with Crippen molar-refractivity contribution in [2.24, 2.45) is 0 Å². The number of aldehydes is 1. The first kappa shape index (κ1) is 15.6. The fraction of sp³-hybridized carbons (Fsp3) is 0.333. The van der Waals surface area contributed by atoms with Crippen LogP contribution < -0.4 is 5.32 Å². The van der Waals surface area contributed by atoms with Crippen LogP contribution in [-0.4, -0.2) is 30.0 Å². The van der Waals surface area contributed by atoms with Gasteiger partial charge in [0.15, 0.2) is 0 Å². The van der Waals surface area contributed by atoms with Crippen molar-refractivity contribution < 1.29 is 14.6 Å². The molecule has 0 amide bonds. The van der Waals surface area contributed by atoms with Crippen LogP contribution in [0.4, 0.5) is 5.69 Å². The fourth-order valence-corrected chi connectivity index (χ4v) is 2.99. The Morgan fingerprint density at radius 1 is 1.43 bits per heavy atom. The zero-order chi connectivity index (χ0) is 16.2. The molecule has 23 heavy (non-hydrogen) atoms. The van der Waals surface area contributed by atoms with Crippen molar-refractivity contribution in [1.82, 2.24) is 4.98 Å². The van der Waals surface area contributed by atoms with Crippen molar-refractivity contribution >= 4 is 12.0 Å². The highest BCUT2D eigenvalue weighted by molar-refractivity contribution is 5.72. The summed E-state index contributed by atoms with van der Waals surface area (Å²) in [6, 6.07) is 6.11. The van der Waals surface area contributed by atoms with E-state index in [2.05, 4.69) is 16.4 Å². The first-order chi connectivity index (χ1) is 11.2. The molecule has 5 heteroatoms. The van der Waals surface area contributed by atoms with Crippen LogP contribution >= 0.6 is 0 Å². The maximum Gasteiger partial charge on any atom is 0.120 e. The smallest absolute Gasteiger partial charge is 0.120 e. The van der Waals surface area contributed by atoms with E-state index >= 15 is 0 Å². The van der Waals surface area contributed by atoms with Gasteiger partial charge in [0.2, 0.25) is 0 Å². The third kappa shape index (κ3) is 3.11. The average Bonchev–Trinajstić information content (AvgIpc) is 2.59. The summed E-state index contributed by atoms with van der Waals surface area (Å²) in [5.41, 5.74) is 5.91. The molecule has 5 nitrogen and oxygen atoms in total. The van der Waals surface area contributed by atoms with E-state index in [1.807, 2.05) is 19.2 Å². The van der Waals surface area contributed by atoms with Gasteiger partial charge < -0.3 is 20.0 Å². The van der Waals surface area contributed by atoms with Gasteiger partial charge in [-0.25, -0.2) is 0 Å². The lowest BCUT2D eigenvalue weighted by atomic mass is 9.93. The van der Waals surface area contributed by atoms with Gasteiger partial charge in [-0.15, -0.1) is 0 Å². The molecule has 0 saturated carbocycles.